The van der Waals surface area contributed by atoms with E-state index in [0.29, 0.717) is 5.56 Å². The topological polar surface area (TPSA) is 89.0 Å². The van der Waals surface area contributed by atoms with Crippen LogP contribution in [0.1, 0.15) is 17.2 Å². The van der Waals surface area contributed by atoms with Gasteiger partial charge in [0.2, 0.25) is 0 Å². The van der Waals surface area contributed by atoms with Gasteiger partial charge in [0.25, 0.3) is 11.7 Å². The summed E-state index contributed by atoms with van der Waals surface area (Å²) in [6, 6.07) is 9.03. The number of halogens is 5. The predicted molar refractivity (Wildman–Crippen MR) is 125 cm³/mol. The number of ether oxygens (including phenoxy) is 2. The van der Waals surface area contributed by atoms with Crippen LogP contribution in [-0.4, -0.2) is 35.3 Å². The van der Waals surface area contributed by atoms with E-state index in [1.165, 1.54) is 43.8 Å². The Balaban J connectivity index is 1.90. The molecule has 4 rings (SSSR count). The summed E-state index contributed by atoms with van der Waals surface area (Å²) < 4.78 is 46.8. The average molecular weight is 539 g/mol. The Kier molecular flexibility index (Phi) is 6.83. The van der Waals surface area contributed by atoms with Gasteiger partial charge in [0.1, 0.15) is 17.3 Å². The molecule has 1 aliphatic rings. The smallest absolute Gasteiger partial charge is 0.507 e. The normalized spacial score (nSPS) is 17.4. The van der Waals surface area contributed by atoms with Crippen molar-refractivity contribution in [2.24, 2.45) is 0 Å². The summed E-state index contributed by atoms with van der Waals surface area (Å²) in [7, 11) is 1.30. The van der Waals surface area contributed by atoms with Gasteiger partial charge in [-0.05, 0) is 48.0 Å². The van der Waals surface area contributed by atoms with Crippen LogP contribution in [-0.2, 0) is 9.59 Å². The summed E-state index contributed by atoms with van der Waals surface area (Å²) in [4.78, 5) is 31.4. The Morgan fingerprint density at radius 1 is 1.11 bits per heavy atom. The van der Waals surface area contributed by atoms with E-state index >= 15 is 0 Å². The SMILES string of the molecule is COc1c(Cl)cc(Cl)cc1/C(O)=C1\C(=O)C(=O)N(c2ccc(OC(F)(F)F)cc2)C1c1cccnc1. The first kappa shape index (κ1) is 25.3. The number of pyridine rings is 1. The first-order valence-electron chi connectivity index (χ1n) is 10.1. The molecule has 186 valence electrons. The molecule has 0 radical (unpaired) electrons. The van der Waals surface area contributed by atoms with Crippen molar-refractivity contribution >= 4 is 46.3 Å². The summed E-state index contributed by atoms with van der Waals surface area (Å²) in [5.41, 5.74) is 0.0765. The van der Waals surface area contributed by atoms with Crippen LogP contribution < -0.4 is 14.4 Å². The van der Waals surface area contributed by atoms with E-state index < -0.39 is 35.6 Å². The quantitative estimate of drug-likeness (QED) is 0.246. The number of aromatic nitrogens is 1. The number of Topliss-reactive ketones (excluding diaryl/α,β-unsaturated/α-hetero) is 1. The van der Waals surface area contributed by atoms with Crippen LogP contribution >= 0.6 is 23.2 Å². The van der Waals surface area contributed by atoms with Crippen LogP contribution in [0.3, 0.4) is 0 Å². The molecule has 3 aromatic rings. The fourth-order valence-corrected chi connectivity index (χ4v) is 4.42. The molecule has 1 fully saturated rings. The molecule has 1 saturated heterocycles. The van der Waals surface area contributed by atoms with Gasteiger partial charge < -0.3 is 14.6 Å². The molecule has 1 aliphatic heterocycles. The summed E-state index contributed by atoms with van der Waals surface area (Å²) in [6.07, 6.45) is -2.04. The molecule has 36 heavy (non-hydrogen) atoms. The summed E-state index contributed by atoms with van der Waals surface area (Å²) in [5, 5.41) is 11.4. The lowest BCUT2D eigenvalue weighted by Crippen LogP contribution is -2.29. The highest BCUT2D eigenvalue weighted by Gasteiger charge is 2.47. The molecule has 1 aromatic heterocycles. The molecular weight excluding hydrogens is 524 g/mol. The fraction of sp³-hybridized carbons (Fsp3) is 0.125. The number of carbonyl (C=O) groups is 2. The van der Waals surface area contributed by atoms with E-state index in [-0.39, 0.29) is 32.6 Å². The number of rotatable bonds is 5. The number of hydrogen-bond donors (Lipinski definition) is 1. The number of amides is 1. The van der Waals surface area contributed by atoms with Gasteiger partial charge in [-0.15, -0.1) is 13.2 Å². The highest BCUT2D eigenvalue weighted by atomic mass is 35.5. The molecule has 12 heteroatoms. The maximum atomic E-state index is 13.2. The molecule has 1 N–H and O–H groups in total. The Bertz CT molecular complexity index is 1360. The second-order valence-corrected chi connectivity index (χ2v) is 8.31. The zero-order valence-corrected chi connectivity index (χ0v) is 19.7. The van der Waals surface area contributed by atoms with Crippen molar-refractivity contribution in [3.05, 3.63) is 87.7 Å². The molecule has 0 aliphatic carbocycles. The van der Waals surface area contributed by atoms with Gasteiger partial charge in [-0.3, -0.25) is 19.5 Å². The highest BCUT2D eigenvalue weighted by molar-refractivity contribution is 6.51. The van der Waals surface area contributed by atoms with Crippen LogP contribution in [0.4, 0.5) is 18.9 Å². The lowest BCUT2D eigenvalue weighted by molar-refractivity contribution is -0.274. The minimum absolute atomic E-state index is 0.0170. The van der Waals surface area contributed by atoms with Crippen LogP contribution in [0.25, 0.3) is 5.76 Å². The Labute approximate surface area is 212 Å². The Morgan fingerprint density at radius 3 is 2.39 bits per heavy atom. The lowest BCUT2D eigenvalue weighted by atomic mass is 9.95. The number of alkyl halides is 3. The largest absolute Gasteiger partial charge is 0.573 e. The fourth-order valence-electron chi connectivity index (χ4n) is 3.85. The number of methoxy groups -OCH3 is 1. The molecule has 0 bridgehead atoms. The van der Waals surface area contributed by atoms with Gasteiger partial charge in [-0.2, -0.15) is 0 Å². The van der Waals surface area contributed by atoms with Crippen molar-refractivity contribution in [2.75, 3.05) is 12.0 Å². The Morgan fingerprint density at radius 2 is 1.81 bits per heavy atom. The molecule has 1 unspecified atom stereocenters. The number of hydrogen-bond acceptors (Lipinski definition) is 6. The van der Waals surface area contributed by atoms with E-state index in [1.54, 1.807) is 12.1 Å². The summed E-state index contributed by atoms with van der Waals surface area (Å²) in [5.74, 6) is -3.18. The average Bonchev–Trinajstić information content (AvgIpc) is 3.09. The van der Waals surface area contributed by atoms with Crippen molar-refractivity contribution in [1.82, 2.24) is 4.98 Å². The second kappa shape index (κ2) is 9.71. The van der Waals surface area contributed by atoms with Crippen molar-refractivity contribution in [2.45, 2.75) is 12.4 Å². The van der Waals surface area contributed by atoms with E-state index in [4.69, 9.17) is 27.9 Å². The zero-order chi connectivity index (χ0) is 26.2. The third kappa shape index (κ3) is 4.82. The minimum Gasteiger partial charge on any atom is -0.507 e. The number of benzene rings is 2. The van der Waals surface area contributed by atoms with Crippen LogP contribution in [0.2, 0.25) is 10.0 Å². The Hall–Kier alpha value is -3.76. The first-order chi connectivity index (χ1) is 17.0. The number of carbonyl (C=O) groups excluding carboxylic acids is 2. The van der Waals surface area contributed by atoms with Gasteiger partial charge >= 0.3 is 6.36 Å². The predicted octanol–water partition coefficient (Wildman–Crippen LogP) is 5.92. The minimum atomic E-state index is -4.90. The molecule has 1 amide bonds. The van der Waals surface area contributed by atoms with E-state index in [1.807, 2.05) is 0 Å². The highest BCUT2D eigenvalue weighted by Crippen LogP contribution is 2.45. The standard InChI is InChI=1S/C24H15Cl2F3N2O5/c1-35-22-16(9-13(25)10-17(22)26)20(32)18-19(12-3-2-8-30-11-12)31(23(34)21(18)33)14-4-6-15(7-5-14)36-24(27,28)29/h2-11,19,32H,1H3/b20-18+. The van der Waals surface area contributed by atoms with E-state index in [0.717, 1.165) is 17.0 Å². The number of nitrogens with zero attached hydrogens (tertiary/aromatic N) is 2. The number of aliphatic hydroxyl groups excluding tert-OH is 1. The zero-order valence-electron chi connectivity index (χ0n) is 18.2. The molecule has 2 heterocycles. The third-order valence-corrected chi connectivity index (χ3v) is 5.76. The summed E-state index contributed by atoms with van der Waals surface area (Å²) in [6.45, 7) is 0. The maximum absolute atomic E-state index is 13.2. The summed E-state index contributed by atoms with van der Waals surface area (Å²) >= 11 is 12.3. The van der Waals surface area contributed by atoms with Crippen LogP contribution in [0, 0.1) is 0 Å². The molecule has 0 spiro atoms. The molecule has 1 atom stereocenters. The van der Waals surface area contributed by atoms with E-state index in [9.17, 15) is 27.9 Å². The molecule has 0 saturated carbocycles. The number of ketones is 1. The van der Waals surface area contributed by atoms with Crippen molar-refractivity contribution < 1.29 is 37.3 Å². The monoisotopic (exact) mass is 538 g/mol. The third-order valence-electron chi connectivity index (χ3n) is 5.26. The van der Waals surface area contributed by atoms with Gasteiger partial charge in [-0.25, -0.2) is 0 Å². The van der Waals surface area contributed by atoms with Crippen LogP contribution in [0.5, 0.6) is 11.5 Å². The van der Waals surface area contributed by atoms with Gasteiger partial charge in [0.05, 0.1) is 29.3 Å². The number of anilines is 1. The van der Waals surface area contributed by atoms with Gasteiger partial charge in [-0.1, -0.05) is 29.3 Å². The maximum Gasteiger partial charge on any atom is 0.573 e. The van der Waals surface area contributed by atoms with Crippen molar-refractivity contribution in [3.63, 3.8) is 0 Å². The molecule has 7 nitrogen and oxygen atoms in total. The van der Waals surface area contributed by atoms with E-state index in [2.05, 4.69) is 9.72 Å². The van der Waals surface area contributed by atoms with Gasteiger partial charge in [0, 0.05) is 23.1 Å². The first-order valence-corrected chi connectivity index (χ1v) is 10.9. The number of aliphatic hydroxyl groups is 1. The van der Waals surface area contributed by atoms with Crippen LogP contribution in [0.15, 0.2) is 66.5 Å². The molecule has 2 aromatic carbocycles. The lowest BCUT2D eigenvalue weighted by Gasteiger charge is -2.25. The van der Waals surface area contributed by atoms with Crippen molar-refractivity contribution in [3.8, 4) is 11.5 Å². The van der Waals surface area contributed by atoms with Crippen molar-refractivity contribution in [1.29, 1.82) is 0 Å². The molecular formula is C24H15Cl2F3N2O5. The van der Waals surface area contributed by atoms with Gasteiger partial charge in [0.15, 0.2) is 0 Å². The second-order valence-electron chi connectivity index (χ2n) is 7.47.